The van der Waals surface area contributed by atoms with Crippen LogP contribution in [0, 0.1) is 6.92 Å². The van der Waals surface area contributed by atoms with Crippen LogP contribution >= 0.6 is 0 Å². The number of hydrogen-bond donors (Lipinski definition) is 1. The third-order valence-corrected chi connectivity index (χ3v) is 4.79. The highest BCUT2D eigenvalue weighted by atomic mass is 32.2. The van der Waals surface area contributed by atoms with Crippen LogP contribution in [0.2, 0.25) is 0 Å². The number of hydrazone groups is 1. The Morgan fingerprint density at radius 1 is 0.885 bits per heavy atom. The van der Waals surface area contributed by atoms with Gasteiger partial charge in [0, 0.05) is 0 Å². The Hall–Kier alpha value is -3.12. The van der Waals surface area contributed by atoms with E-state index in [4.69, 9.17) is 4.74 Å². The van der Waals surface area contributed by atoms with Crippen molar-refractivity contribution in [2.45, 2.75) is 11.8 Å². The Morgan fingerprint density at radius 3 is 2.31 bits per heavy atom. The summed E-state index contributed by atoms with van der Waals surface area (Å²) in [7, 11) is -3.69. The van der Waals surface area contributed by atoms with Crippen molar-refractivity contribution in [3.63, 3.8) is 0 Å². The fourth-order valence-electron chi connectivity index (χ4n) is 2.22. The molecule has 3 aromatic carbocycles. The molecule has 132 valence electrons. The summed E-state index contributed by atoms with van der Waals surface area (Å²) in [6, 6.07) is 23.2. The molecular formula is C20H18N2O3S. The van der Waals surface area contributed by atoms with Gasteiger partial charge in [-0.3, -0.25) is 0 Å². The molecule has 1 N–H and O–H groups in total. The van der Waals surface area contributed by atoms with Gasteiger partial charge in [-0.1, -0.05) is 48.0 Å². The second-order valence-corrected chi connectivity index (χ2v) is 7.31. The lowest BCUT2D eigenvalue weighted by atomic mass is 10.2. The van der Waals surface area contributed by atoms with Crippen LogP contribution in [0.3, 0.4) is 0 Å². The summed E-state index contributed by atoms with van der Waals surface area (Å²) >= 11 is 0. The van der Waals surface area contributed by atoms with E-state index in [2.05, 4.69) is 9.93 Å². The lowest BCUT2D eigenvalue weighted by Gasteiger charge is -2.06. The van der Waals surface area contributed by atoms with Crippen LogP contribution in [0.4, 0.5) is 0 Å². The zero-order valence-electron chi connectivity index (χ0n) is 14.2. The van der Waals surface area contributed by atoms with E-state index in [-0.39, 0.29) is 4.90 Å². The van der Waals surface area contributed by atoms with E-state index in [1.165, 1.54) is 6.21 Å². The highest BCUT2D eigenvalue weighted by molar-refractivity contribution is 7.89. The van der Waals surface area contributed by atoms with Crippen LogP contribution in [0.25, 0.3) is 0 Å². The van der Waals surface area contributed by atoms with E-state index in [9.17, 15) is 8.42 Å². The maximum Gasteiger partial charge on any atom is 0.276 e. The van der Waals surface area contributed by atoms with Crippen molar-refractivity contribution >= 4 is 16.2 Å². The van der Waals surface area contributed by atoms with Crippen LogP contribution < -0.4 is 9.57 Å². The Morgan fingerprint density at radius 2 is 1.58 bits per heavy atom. The normalized spacial score (nSPS) is 11.4. The molecule has 0 aromatic heterocycles. The van der Waals surface area contributed by atoms with Crippen molar-refractivity contribution in [2.24, 2.45) is 5.10 Å². The zero-order chi connectivity index (χ0) is 18.4. The van der Waals surface area contributed by atoms with Crippen LogP contribution in [-0.2, 0) is 10.0 Å². The first-order chi connectivity index (χ1) is 12.5. The molecule has 0 bridgehead atoms. The van der Waals surface area contributed by atoms with Gasteiger partial charge in [0.25, 0.3) is 10.0 Å². The number of aryl methyl sites for hydroxylation is 1. The lowest BCUT2D eigenvalue weighted by molar-refractivity contribution is 0.482. The summed E-state index contributed by atoms with van der Waals surface area (Å²) in [6.07, 6.45) is 1.43. The van der Waals surface area contributed by atoms with Crippen molar-refractivity contribution in [2.75, 3.05) is 0 Å². The maximum atomic E-state index is 12.2. The van der Waals surface area contributed by atoms with E-state index in [0.717, 1.165) is 11.3 Å². The molecule has 26 heavy (non-hydrogen) atoms. The molecule has 0 aliphatic carbocycles. The molecule has 0 amide bonds. The number of nitrogens with one attached hydrogen (secondary N) is 1. The van der Waals surface area contributed by atoms with E-state index in [1.54, 1.807) is 30.3 Å². The standard InChI is InChI=1S/C20H18N2O3S/c1-16-10-12-20(13-11-16)26(23,24)22-21-15-17-6-5-9-19(14-17)25-18-7-3-2-4-8-18/h2-15,22H,1H3/b21-15+. The molecule has 0 saturated heterocycles. The molecule has 5 nitrogen and oxygen atoms in total. The van der Waals surface area contributed by atoms with Gasteiger partial charge in [0.15, 0.2) is 0 Å². The summed E-state index contributed by atoms with van der Waals surface area (Å²) in [5.74, 6) is 1.36. The van der Waals surface area contributed by atoms with Gasteiger partial charge in [0.1, 0.15) is 11.5 Å². The molecule has 0 radical (unpaired) electrons. The maximum absolute atomic E-state index is 12.2. The minimum Gasteiger partial charge on any atom is -0.457 e. The van der Waals surface area contributed by atoms with E-state index in [0.29, 0.717) is 11.3 Å². The number of nitrogens with zero attached hydrogens (tertiary/aromatic N) is 1. The van der Waals surface area contributed by atoms with Gasteiger partial charge in [-0.2, -0.15) is 13.5 Å². The Bertz CT molecular complexity index is 999. The van der Waals surface area contributed by atoms with Crippen LogP contribution in [0.15, 0.2) is 88.9 Å². The monoisotopic (exact) mass is 366 g/mol. The number of ether oxygens (including phenoxy) is 1. The summed E-state index contributed by atoms with van der Waals surface area (Å²) in [6.45, 7) is 1.90. The largest absolute Gasteiger partial charge is 0.457 e. The average Bonchev–Trinajstić information content (AvgIpc) is 2.63. The fourth-order valence-corrected chi connectivity index (χ4v) is 3.01. The summed E-state index contributed by atoms with van der Waals surface area (Å²) in [5.41, 5.74) is 1.70. The first kappa shape index (κ1) is 17.7. The van der Waals surface area contributed by atoms with Crippen molar-refractivity contribution in [1.29, 1.82) is 0 Å². The van der Waals surface area contributed by atoms with Gasteiger partial charge in [0.05, 0.1) is 11.1 Å². The number of para-hydroxylation sites is 1. The third-order valence-electron chi connectivity index (χ3n) is 3.55. The van der Waals surface area contributed by atoms with E-state index >= 15 is 0 Å². The molecule has 3 rings (SSSR count). The highest BCUT2D eigenvalue weighted by Gasteiger charge is 2.11. The molecule has 0 aliphatic heterocycles. The number of hydrogen-bond acceptors (Lipinski definition) is 4. The Balaban J connectivity index is 1.68. The molecule has 0 unspecified atom stereocenters. The SMILES string of the molecule is Cc1ccc(S(=O)(=O)N/N=C/c2cccc(Oc3ccccc3)c2)cc1. The van der Waals surface area contributed by atoms with Gasteiger partial charge >= 0.3 is 0 Å². The molecule has 0 atom stereocenters. The van der Waals surface area contributed by atoms with Crippen molar-refractivity contribution in [3.8, 4) is 11.5 Å². The molecular weight excluding hydrogens is 348 g/mol. The summed E-state index contributed by atoms with van der Waals surface area (Å²) < 4.78 is 30.1. The minimum absolute atomic E-state index is 0.168. The zero-order valence-corrected chi connectivity index (χ0v) is 15.0. The smallest absolute Gasteiger partial charge is 0.276 e. The van der Waals surface area contributed by atoms with Gasteiger partial charge < -0.3 is 4.74 Å². The van der Waals surface area contributed by atoms with Crippen molar-refractivity contribution in [1.82, 2.24) is 4.83 Å². The minimum atomic E-state index is -3.69. The summed E-state index contributed by atoms with van der Waals surface area (Å²) in [5, 5.41) is 3.84. The molecule has 0 saturated carbocycles. The van der Waals surface area contributed by atoms with Crippen LogP contribution in [0.5, 0.6) is 11.5 Å². The average molecular weight is 366 g/mol. The third kappa shape index (κ3) is 4.70. The highest BCUT2D eigenvalue weighted by Crippen LogP contribution is 2.21. The summed E-state index contributed by atoms with van der Waals surface area (Å²) in [4.78, 5) is 2.38. The number of sulfonamides is 1. The predicted octanol–water partition coefficient (Wildman–Crippen LogP) is 4.10. The molecule has 0 heterocycles. The number of benzene rings is 3. The van der Waals surface area contributed by atoms with Crippen molar-refractivity contribution in [3.05, 3.63) is 90.0 Å². The molecule has 0 aliphatic rings. The topological polar surface area (TPSA) is 67.8 Å². The molecule has 0 spiro atoms. The van der Waals surface area contributed by atoms with Crippen molar-refractivity contribution < 1.29 is 13.2 Å². The molecule has 0 fully saturated rings. The van der Waals surface area contributed by atoms with Gasteiger partial charge in [-0.25, -0.2) is 4.83 Å². The Labute approximate surface area is 153 Å². The van der Waals surface area contributed by atoms with Crippen LogP contribution in [-0.4, -0.2) is 14.6 Å². The van der Waals surface area contributed by atoms with Crippen LogP contribution in [0.1, 0.15) is 11.1 Å². The first-order valence-electron chi connectivity index (χ1n) is 7.97. The Kier molecular flexibility index (Phi) is 5.34. The predicted molar refractivity (Wildman–Crippen MR) is 102 cm³/mol. The van der Waals surface area contributed by atoms with E-state index in [1.807, 2.05) is 55.5 Å². The van der Waals surface area contributed by atoms with Gasteiger partial charge in [0.2, 0.25) is 0 Å². The second kappa shape index (κ2) is 7.84. The molecule has 6 heteroatoms. The lowest BCUT2D eigenvalue weighted by Crippen LogP contribution is -2.18. The van der Waals surface area contributed by atoms with E-state index < -0.39 is 10.0 Å². The fraction of sp³-hybridized carbons (Fsp3) is 0.0500. The van der Waals surface area contributed by atoms with Gasteiger partial charge in [-0.15, -0.1) is 0 Å². The molecule has 3 aromatic rings. The number of rotatable bonds is 6. The van der Waals surface area contributed by atoms with Gasteiger partial charge in [-0.05, 0) is 48.9 Å². The second-order valence-electron chi connectivity index (χ2n) is 5.65. The quantitative estimate of drug-likeness (QED) is 0.527. The first-order valence-corrected chi connectivity index (χ1v) is 9.46.